The van der Waals surface area contributed by atoms with Gasteiger partial charge in [-0.2, -0.15) is 0 Å². The van der Waals surface area contributed by atoms with Crippen LogP contribution in [0.4, 0.5) is 0 Å². The van der Waals surface area contributed by atoms with E-state index in [0.29, 0.717) is 6.54 Å². The highest BCUT2D eigenvalue weighted by molar-refractivity contribution is 5.79. The van der Waals surface area contributed by atoms with Crippen LogP contribution in [0, 0.1) is 22.7 Å². The monoisotopic (exact) mass is 366 g/mol. The van der Waals surface area contributed by atoms with Crippen LogP contribution in [0.15, 0.2) is 0 Å². The molecule has 0 saturated heterocycles. The minimum Gasteiger partial charge on any atom is -0.355 e. The Morgan fingerprint density at radius 1 is 0.885 bits per heavy atom. The summed E-state index contributed by atoms with van der Waals surface area (Å²) in [5.41, 5.74) is 0.188. The highest BCUT2D eigenvalue weighted by Crippen LogP contribution is 2.45. The Morgan fingerprint density at radius 3 is 1.88 bits per heavy atom. The molecule has 2 N–H and O–H groups in total. The van der Waals surface area contributed by atoms with Crippen LogP contribution >= 0.6 is 0 Å². The molecule has 1 rings (SSSR count). The van der Waals surface area contributed by atoms with E-state index in [-0.39, 0.29) is 40.5 Å². The molecule has 0 spiro atoms. The Hall–Kier alpha value is -1.06. The Balaban J connectivity index is 2.75. The number of nitrogens with one attached hydrogen (secondary N) is 2. The van der Waals surface area contributed by atoms with Crippen molar-refractivity contribution >= 4 is 11.8 Å². The lowest BCUT2D eigenvalue weighted by molar-refractivity contribution is -0.128. The van der Waals surface area contributed by atoms with E-state index < -0.39 is 0 Å². The lowest BCUT2D eigenvalue weighted by atomic mass is 9.62. The summed E-state index contributed by atoms with van der Waals surface area (Å²) in [4.78, 5) is 24.9. The average Bonchev–Trinajstić information content (AvgIpc) is 2.53. The van der Waals surface area contributed by atoms with Gasteiger partial charge in [-0.25, -0.2) is 0 Å². The summed E-state index contributed by atoms with van der Waals surface area (Å²) >= 11 is 0. The maximum Gasteiger partial charge on any atom is 0.223 e. The minimum atomic E-state index is 0.0231. The Labute approximate surface area is 161 Å². The van der Waals surface area contributed by atoms with Gasteiger partial charge < -0.3 is 10.6 Å². The Kier molecular flexibility index (Phi) is 8.62. The standard InChI is InChI=1S/C22H42N2O2/c1-8-16(9-2)19(25)23-15-22(7)13-18(12-21(5,6)14-22)24-20(26)17(10-3)11-4/h16-18H,8-15H2,1-7H3,(H,23,25)(H,24,26). The van der Waals surface area contributed by atoms with Crippen LogP contribution in [0.3, 0.4) is 0 Å². The van der Waals surface area contributed by atoms with Gasteiger partial charge in [-0.05, 0) is 55.8 Å². The zero-order chi connectivity index (χ0) is 20.0. The van der Waals surface area contributed by atoms with Crippen molar-refractivity contribution in [3.8, 4) is 0 Å². The molecule has 0 aromatic carbocycles. The second-order valence-corrected chi connectivity index (χ2v) is 9.51. The molecule has 0 heterocycles. The normalized spacial score (nSPS) is 25.3. The van der Waals surface area contributed by atoms with Gasteiger partial charge in [-0.1, -0.05) is 48.5 Å². The van der Waals surface area contributed by atoms with E-state index in [1.54, 1.807) is 0 Å². The van der Waals surface area contributed by atoms with Crippen molar-refractivity contribution in [3.05, 3.63) is 0 Å². The second kappa shape index (κ2) is 9.75. The van der Waals surface area contributed by atoms with E-state index in [1.807, 2.05) is 0 Å². The summed E-state index contributed by atoms with van der Waals surface area (Å²) in [6.07, 6.45) is 6.57. The molecule has 1 fully saturated rings. The molecule has 4 nitrogen and oxygen atoms in total. The van der Waals surface area contributed by atoms with E-state index >= 15 is 0 Å². The van der Waals surface area contributed by atoms with Gasteiger partial charge >= 0.3 is 0 Å². The van der Waals surface area contributed by atoms with Crippen molar-refractivity contribution in [2.45, 2.75) is 99.5 Å². The van der Waals surface area contributed by atoms with Gasteiger partial charge in [-0.3, -0.25) is 9.59 Å². The molecule has 0 aromatic rings. The summed E-state index contributed by atoms with van der Waals surface area (Å²) in [6.45, 7) is 15.8. The minimum absolute atomic E-state index is 0.0231. The van der Waals surface area contributed by atoms with Crippen LogP contribution in [-0.2, 0) is 9.59 Å². The fraction of sp³-hybridized carbons (Fsp3) is 0.909. The maximum absolute atomic E-state index is 12.5. The molecule has 26 heavy (non-hydrogen) atoms. The van der Waals surface area contributed by atoms with Crippen LogP contribution in [0.5, 0.6) is 0 Å². The van der Waals surface area contributed by atoms with Crippen LogP contribution in [0.1, 0.15) is 93.4 Å². The van der Waals surface area contributed by atoms with Gasteiger partial charge in [0.1, 0.15) is 0 Å². The van der Waals surface area contributed by atoms with E-state index in [2.05, 4.69) is 59.1 Å². The zero-order valence-corrected chi connectivity index (χ0v) is 18.2. The van der Waals surface area contributed by atoms with Gasteiger partial charge in [0, 0.05) is 24.4 Å². The predicted octanol–water partition coefficient (Wildman–Crippen LogP) is 4.68. The smallest absolute Gasteiger partial charge is 0.223 e. The molecular weight excluding hydrogens is 324 g/mol. The molecular formula is C22H42N2O2. The molecule has 1 aliphatic carbocycles. The quantitative estimate of drug-likeness (QED) is 0.622. The molecule has 2 unspecified atom stereocenters. The van der Waals surface area contributed by atoms with Gasteiger partial charge in [0.2, 0.25) is 11.8 Å². The third-order valence-corrected chi connectivity index (χ3v) is 6.19. The summed E-state index contributed by atoms with van der Waals surface area (Å²) in [7, 11) is 0. The largest absolute Gasteiger partial charge is 0.355 e. The summed E-state index contributed by atoms with van der Waals surface area (Å²) in [6, 6.07) is 0.196. The van der Waals surface area contributed by atoms with E-state index in [1.165, 1.54) is 0 Å². The first-order chi connectivity index (χ1) is 12.1. The van der Waals surface area contributed by atoms with Crippen LogP contribution in [-0.4, -0.2) is 24.4 Å². The van der Waals surface area contributed by atoms with Gasteiger partial charge in [0.05, 0.1) is 0 Å². The SMILES string of the molecule is CCC(CC)C(=O)NCC1(C)CC(NC(=O)C(CC)CC)CC(C)(C)C1. The molecule has 0 aliphatic heterocycles. The molecule has 152 valence electrons. The van der Waals surface area contributed by atoms with E-state index in [4.69, 9.17) is 0 Å². The highest BCUT2D eigenvalue weighted by atomic mass is 16.2. The van der Waals surface area contributed by atoms with Crippen molar-refractivity contribution < 1.29 is 9.59 Å². The lowest BCUT2D eigenvalue weighted by Crippen LogP contribution is -2.51. The fourth-order valence-electron chi connectivity index (χ4n) is 4.95. The molecule has 4 heteroatoms. The van der Waals surface area contributed by atoms with Gasteiger partial charge in [0.25, 0.3) is 0 Å². The number of hydrogen-bond acceptors (Lipinski definition) is 2. The second-order valence-electron chi connectivity index (χ2n) is 9.51. The summed E-state index contributed by atoms with van der Waals surface area (Å²) in [5.74, 6) is 0.597. The third kappa shape index (κ3) is 6.59. The fourth-order valence-corrected chi connectivity index (χ4v) is 4.95. The molecule has 0 aromatic heterocycles. The van der Waals surface area contributed by atoms with Gasteiger partial charge in [-0.15, -0.1) is 0 Å². The number of carbonyl (C=O) groups is 2. The van der Waals surface area contributed by atoms with Gasteiger partial charge in [0.15, 0.2) is 0 Å². The lowest BCUT2D eigenvalue weighted by Gasteiger charge is -2.47. The van der Waals surface area contributed by atoms with Crippen LogP contribution in [0.25, 0.3) is 0 Å². The van der Waals surface area contributed by atoms with E-state index in [0.717, 1.165) is 44.9 Å². The number of hydrogen-bond donors (Lipinski definition) is 2. The van der Waals surface area contributed by atoms with Crippen molar-refractivity contribution in [1.82, 2.24) is 10.6 Å². The zero-order valence-electron chi connectivity index (χ0n) is 18.2. The topological polar surface area (TPSA) is 58.2 Å². The first-order valence-electron chi connectivity index (χ1n) is 10.7. The Bertz CT molecular complexity index is 467. The highest BCUT2D eigenvalue weighted by Gasteiger charge is 2.42. The average molecular weight is 367 g/mol. The first kappa shape index (κ1) is 23.0. The molecule has 2 atom stereocenters. The van der Waals surface area contributed by atoms with Crippen molar-refractivity contribution in [1.29, 1.82) is 0 Å². The molecule has 1 aliphatic rings. The first-order valence-corrected chi connectivity index (χ1v) is 10.7. The third-order valence-electron chi connectivity index (χ3n) is 6.19. The molecule has 2 amide bonds. The van der Waals surface area contributed by atoms with Crippen LogP contribution < -0.4 is 10.6 Å². The van der Waals surface area contributed by atoms with Crippen molar-refractivity contribution in [2.24, 2.45) is 22.7 Å². The predicted molar refractivity (Wildman–Crippen MR) is 109 cm³/mol. The Morgan fingerprint density at radius 2 is 1.38 bits per heavy atom. The van der Waals surface area contributed by atoms with Crippen molar-refractivity contribution in [3.63, 3.8) is 0 Å². The van der Waals surface area contributed by atoms with Crippen LogP contribution in [0.2, 0.25) is 0 Å². The number of rotatable bonds is 9. The molecule has 0 bridgehead atoms. The molecule has 1 saturated carbocycles. The van der Waals surface area contributed by atoms with Crippen molar-refractivity contribution in [2.75, 3.05) is 6.54 Å². The summed E-state index contributed by atoms with van der Waals surface area (Å²) < 4.78 is 0. The number of amides is 2. The van der Waals surface area contributed by atoms with E-state index in [9.17, 15) is 9.59 Å². The molecule has 0 radical (unpaired) electrons. The maximum atomic E-state index is 12.5. The number of carbonyl (C=O) groups excluding carboxylic acids is 2. The summed E-state index contributed by atoms with van der Waals surface area (Å²) in [5, 5.41) is 6.51.